The average Bonchev–Trinajstić information content (AvgIpc) is 3.20. The lowest BCUT2D eigenvalue weighted by Crippen LogP contribution is -2.39. The summed E-state index contributed by atoms with van der Waals surface area (Å²) in [6.45, 7) is 6.90. The van der Waals surface area contributed by atoms with Crippen LogP contribution in [0.1, 0.15) is 48.7 Å². The van der Waals surface area contributed by atoms with Crippen molar-refractivity contribution in [3.8, 4) is 22.7 Å². The normalized spacial score (nSPS) is 16.4. The van der Waals surface area contributed by atoms with Crippen molar-refractivity contribution in [1.82, 2.24) is 14.8 Å². The molecule has 1 fully saturated rings. The van der Waals surface area contributed by atoms with E-state index in [4.69, 9.17) is 4.74 Å². The number of aromatic nitrogens is 1. The summed E-state index contributed by atoms with van der Waals surface area (Å²) in [6.07, 6.45) is 4.73. The number of methoxy groups -OCH3 is 1. The van der Waals surface area contributed by atoms with E-state index in [0.29, 0.717) is 29.5 Å². The number of hydrogen-bond acceptors (Lipinski definition) is 3. The molecule has 3 aromatic rings. The quantitative estimate of drug-likeness (QED) is 0.443. The van der Waals surface area contributed by atoms with Gasteiger partial charge in [0.1, 0.15) is 11.6 Å². The molecule has 6 heteroatoms. The number of likely N-dealkylation sites (tertiary alicyclic amines) is 1. The van der Waals surface area contributed by atoms with Crippen molar-refractivity contribution < 1.29 is 13.9 Å². The fourth-order valence-corrected chi connectivity index (χ4v) is 4.82. The van der Waals surface area contributed by atoms with Crippen LogP contribution >= 0.6 is 0 Å². The van der Waals surface area contributed by atoms with E-state index in [-0.39, 0.29) is 11.7 Å². The van der Waals surface area contributed by atoms with Crippen molar-refractivity contribution >= 4 is 5.91 Å². The Hall–Kier alpha value is -3.12. The van der Waals surface area contributed by atoms with E-state index >= 15 is 0 Å². The average molecular weight is 464 g/mol. The summed E-state index contributed by atoms with van der Waals surface area (Å²) >= 11 is 0. The van der Waals surface area contributed by atoms with Gasteiger partial charge in [-0.1, -0.05) is 18.6 Å². The molecule has 1 atom stereocenters. The van der Waals surface area contributed by atoms with Crippen molar-refractivity contribution in [2.24, 2.45) is 0 Å². The van der Waals surface area contributed by atoms with E-state index in [2.05, 4.69) is 17.1 Å². The Labute approximate surface area is 201 Å². The smallest absolute Gasteiger partial charge is 0.253 e. The zero-order valence-corrected chi connectivity index (χ0v) is 20.3. The predicted octanol–water partition coefficient (Wildman–Crippen LogP) is 5.59. The Morgan fingerprint density at radius 3 is 2.62 bits per heavy atom. The van der Waals surface area contributed by atoms with Gasteiger partial charge in [0, 0.05) is 24.8 Å². The molecule has 2 heterocycles. The number of halogens is 1. The molecule has 1 aromatic heterocycles. The van der Waals surface area contributed by atoms with Crippen LogP contribution in [0.3, 0.4) is 0 Å². The Morgan fingerprint density at radius 1 is 1.15 bits per heavy atom. The van der Waals surface area contributed by atoms with Gasteiger partial charge in [0.2, 0.25) is 0 Å². The minimum Gasteiger partial charge on any atom is -0.497 e. The maximum atomic E-state index is 14.8. The third kappa shape index (κ3) is 5.17. The van der Waals surface area contributed by atoms with Gasteiger partial charge in [-0.25, -0.2) is 4.39 Å². The molecule has 1 unspecified atom stereocenters. The highest BCUT2D eigenvalue weighted by atomic mass is 19.1. The highest BCUT2D eigenvalue weighted by molar-refractivity contribution is 5.97. The number of carbonyl (C=O) groups excluding carboxylic acids is 1. The molecule has 0 radical (unpaired) electrons. The summed E-state index contributed by atoms with van der Waals surface area (Å²) < 4.78 is 21.9. The van der Waals surface area contributed by atoms with Gasteiger partial charge in [0.15, 0.2) is 0 Å². The molecule has 1 aliphatic rings. The van der Waals surface area contributed by atoms with Crippen LogP contribution in [0.15, 0.2) is 54.6 Å². The third-order valence-electron chi connectivity index (χ3n) is 6.82. The van der Waals surface area contributed by atoms with Gasteiger partial charge in [-0.15, -0.1) is 0 Å². The minimum atomic E-state index is -0.335. The Bertz CT molecular complexity index is 1120. The molecule has 2 aromatic carbocycles. The van der Waals surface area contributed by atoms with Gasteiger partial charge >= 0.3 is 0 Å². The van der Waals surface area contributed by atoms with Crippen LogP contribution in [0, 0.1) is 12.7 Å². The van der Waals surface area contributed by atoms with E-state index in [9.17, 15) is 9.18 Å². The first kappa shape index (κ1) is 24.0. The van der Waals surface area contributed by atoms with Gasteiger partial charge in [0.05, 0.1) is 24.1 Å². The van der Waals surface area contributed by atoms with Crippen molar-refractivity contribution in [3.63, 3.8) is 0 Å². The van der Waals surface area contributed by atoms with Gasteiger partial charge in [0.25, 0.3) is 5.91 Å². The predicted molar refractivity (Wildman–Crippen MR) is 134 cm³/mol. The van der Waals surface area contributed by atoms with Crippen LogP contribution in [0.4, 0.5) is 4.39 Å². The van der Waals surface area contributed by atoms with Gasteiger partial charge in [-0.05, 0) is 87.7 Å². The molecule has 1 aliphatic heterocycles. The number of ether oxygens (including phenoxy) is 1. The Balaban J connectivity index is 1.56. The number of para-hydroxylation sites is 1. The molecule has 1 N–H and O–H groups in total. The molecule has 0 bridgehead atoms. The topological polar surface area (TPSA) is 46.5 Å². The Morgan fingerprint density at radius 2 is 1.91 bits per heavy atom. The largest absolute Gasteiger partial charge is 0.497 e. The molecule has 1 saturated heterocycles. The monoisotopic (exact) mass is 463 g/mol. The lowest BCUT2D eigenvalue weighted by atomic mass is 10.0. The second-order valence-electron chi connectivity index (χ2n) is 9.03. The van der Waals surface area contributed by atoms with Crippen LogP contribution in [-0.4, -0.2) is 48.2 Å². The van der Waals surface area contributed by atoms with Crippen molar-refractivity contribution in [2.75, 3.05) is 26.7 Å². The lowest BCUT2D eigenvalue weighted by molar-refractivity contribution is 0.0948. The maximum absolute atomic E-state index is 14.8. The molecule has 0 spiro atoms. The second kappa shape index (κ2) is 10.9. The van der Waals surface area contributed by atoms with Crippen LogP contribution in [0.2, 0.25) is 0 Å². The molecule has 34 heavy (non-hydrogen) atoms. The van der Waals surface area contributed by atoms with Crippen LogP contribution < -0.4 is 10.1 Å². The summed E-state index contributed by atoms with van der Waals surface area (Å²) in [5, 5.41) is 3.08. The number of carbonyl (C=O) groups is 1. The molecule has 0 saturated carbocycles. The number of nitrogens with zero attached hydrogens (tertiary/aromatic N) is 2. The zero-order valence-electron chi connectivity index (χ0n) is 20.3. The summed E-state index contributed by atoms with van der Waals surface area (Å²) in [6, 6.07) is 16.7. The van der Waals surface area contributed by atoms with Gasteiger partial charge in [-0.3, -0.25) is 4.79 Å². The first-order valence-electron chi connectivity index (χ1n) is 12.1. The maximum Gasteiger partial charge on any atom is 0.253 e. The second-order valence-corrected chi connectivity index (χ2v) is 9.03. The molecule has 4 rings (SSSR count). The summed E-state index contributed by atoms with van der Waals surface area (Å²) in [7, 11) is 1.62. The molecule has 0 aliphatic carbocycles. The number of benzene rings is 2. The van der Waals surface area contributed by atoms with E-state index in [1.807, 2.05) is 41.8 Å². The number of piperidine rings is 1. The number of nitrogens with one attached hydrogen (secondary N) is 1. The van der Waals surface area contributed by atoms with Gasteiger partial charge < -0.3 is 19.5 Å². The van der Waals surface area contributed by atoms with Crippen molar-refractivity contribution in [1.29, 1.82) is 0 Å². The third-order valence-corrected chi connectivity index (χ3v) is 6.82. The summed E-state index contributed by atoms with van der Waals surface area (Å²) in [4.78, 5) is 15.7. The van der Waals surface area contributed by atoms with Crippen molar-refractivity contribution in [3.05, 3.63) is 71.7 Å². The van der Waals surface area contributed by atoms with Gasteiger partial charge in [-0.2, -0.15) is 0 Å². The van der Waals surface area contributed by atoms with Crippen LogP contribution in [0.5, 0.6) is 5.75 Å². The SMILES string of the molecule is COc1ccc(-c2cc(C(=O)NCCCN3CCCCC3C)c(C)n2-c2ccccc2F)cc1. The van der Waals surface area contributed by atoms with Crippen LogP contribution in [-0.2, 0) is 0 Å². The lowest BCUT2D eigenvalue weighted by Gasteiger charge is -2.33. The molecule has 180 valence electrons. The molecule has 1 amide bonds. The number of amides is 1. The van der Waals surface area contributed by atoms with E-state index in [1.165, 1.54) is 25.3 Å². The van der Waals surface area contributed by atoms with E-state index in [0.717, 1.165) is 36.5 Å². The molecular weight excluding hydrogens is 429 g/mol. The standard InChI is InChI=1S/C28H34FN3O2/c1-20-9-6-7-17-31(20)18-8-16-30-28(33)24-19-27(22-12-14-23(34-3)15-13-22)32(21(24)2)26-11-5-4-10-25(26)29/h4-5,10-15,19-20H,6-9,16-18H2,1-3H3,(H,30,33). The fraction of sp³-hybridized carbons (Fsp3) is 0.393. The first-order chi connectivity index (χ1) is 16.5. The molecular formula is C28H34FN3O2. The minimum absolute atomic E-state index is 0.131. The highest BCUT2D eigenvalue weighted by Gasteiger charge is 2.22. The van der Waals surface area contributed by atoms with Crippen molar-refractivity contribution in [2.45, 2.75) is 45.6 Å². The summed E-state index contributed by atoms with van der Waals surface area (Å²) in [5.41, 5.74) is 3.32. The number of rotatable bonds is 8. The fourth-order valence-electron chi connectivity index (χ4n) is 4.82. The number of hydrogen-bond donors (Lipinski definition) is 1. The van der Waals surface area contributed by atoms with Crippen LogP contribution in [0.25, 0.3) is 16.9 Å². The first-order valence-corrected chi connectivity index (χ1v) is 12.1. The van der Waals surface area contributed by atoms with E-state index < -0.39 is 0 Å². The molecule has 5 nitrogen and oxygen atoms in total. The highest BCUT2D eigenvalue weighted by Crippen LogP contribution is 2.31. The Kier molecular flexibility index (Phi) is 7.68. The summed E-state index contributed by atoms with van der Waals surface area (Å²) in [5.74, 6) is 0.276. The zero-order chi connectivity index (χ0) is 24.1. The van der Waals surface area contributed by atoms with E-state index in [1.54, 1.807) is 25.3 Å².